The zero-order chi connectivity index (χ0) is 13.3. The molecule has 0 aliphatic heterocycles. The van der Waals surface area contributed by atoms with Crippen LogP contribution in [0.4, 0.5) is 10.1 Å². The van der Waals surface area contributed by atoms with Crippen molar-refractivity contribution in [2.45, 2.75) is 32.7 Å². The Bertz CT molecular complexity index is 561. The fraction of sp³-hybridized carbons (Fsp3) is 0.417. The molecule has 0 fully saturated rings. The summed E-state index contributed by atoms with van der Waals surface area (Å²) in [5.74, 6) is 0.127. The highest BCUT2D eigenvalue weighted by molar-refractivity contribution is 5.71. The van der Waals surface area contributed by atoms with E-state index in [1.807, 2.05) is 20.8 Å². The van der Waals surface area contributed by atoms with E-state index in [0.717, 1.165) is 6.42 Å². The van der Waals surface area contributed by atoms with Crippen LogP contribution in [0, 0.1) is 5.82 Å². The van der Waals surface area contributed by atoms with E-state index < -0.39 is 0 Å². The molecule has 1 aromatic heterocycles. The van der Waals surface area contributed by atoms with Crippen LogP contribution in [0.2, 0.25) is 0 Å². The van der Waals surface area contributed by atoms with Crippen molar-refractivity contribution < 1.29 is 4.39 Å². The topological polar surface area (TPSA) is 69.6 Å². The second-order valence-electron chi connectivity index (χ2n) is 4.81. The first kappa shape index (κ1) is 12.5. The number of hydrogen-bond acceptors (Lipinski definition) is 4. The molecule has 0 aliphatic rings. The monoisotopic (exact) mass is 249 g/mol. The number of halogens is 1. The van der Waals surface area contributed by atoms with Crippen molar-refractivity contribution in [1.82, 2.24) is 20.2 Å². The third-order valence-electron chi connectivity index (χ3n) is 3.16. The second-order valence-corrected chi connectivity index (χ2v) is 4.81. The number of benzene rings is 1. The van der Waals surface area contributed by atoms with Crippen LogP contribution in [0.3, 0.4) is 0 Å². The van der Waals surface area contributed by atoms with E-state index in [0.29, 0.717) is 17.1 Å². The molecule has 96 valence electrons. The number of nitrogens with two attached hydrogens (primary N) is 1. The molecule has 0 saturated heterocycles. The van der Waals surface area contributed by atoms with Gasteiger partial charge in [-0.3, -0.25) is 0 Å². The molecule has 2 aromatic rings. The fourth-order valence-corrected chi connectivity index (χ4v) is 1.63. The van der Waals surface area contributed by atoms with E-state index in [4.69, 9.17) is 5.73 Å². The lowest BCUT2D eigenvalue weighted by molar-refractivity contribution is 0.305. The van der Waals surface area contributed by atoms with Gasteiger partial charge in [0.1, 0.15) is 5.82 Å². The molecule has 1 heterocycles. The van der Waals surface area contributed by atoms with Crippen LogP contribution in [0.1, 0.15) is 27.2 Å². The standard InChI is InChI=1S/C12H16FN5/c1-4-12(2,3)18-11(15-16-17-18)9-7-8(13)5-6-10(9)14/h5-7H,4,14H2,1-3H3. The van der Waals surface area contributed by atoms with Crippen molar-refractivity contribution in [3.05, 3.63) is 24.0 Å². The SMILES string of the molecule is CCC(C)(C)n1nnnc1-c1cc(F)ccc1N. The van der Waals surface area contributed by atoms with Gasteiger partial charge in [0.25, 0.3) is 0 Å². The van der Waals surface area contributed by atoms with Crippen molar-refractivity contribution in [2.75, 3.05) is 5.73 Å². The predicted octanol–water partition coefficient (Wildman–Crippen LogP) is 2.21. The summed E-state index contributed by atoms with van der Waals surface area (Å²) in [5, 5.41) is 11.6. The largest absolute Gasteiger partial charge is 0.398 e. The Hall–Kier alpha value is -1.98. The average molecular weight is 249 g/mol. The van der Waals surface area contributed by atoms with Gasteiger partial charge in [-0.15, -0.1) is 5.10 Å². The summed E-state index contributed by atoms with van der Waals surface area (Å²) < 4.78 is 15.0. The summed E-state index contributed by atoms with van der Waals surface area (Å²) in [4.78, 5) is 0. The minimum absolute atomic E-state index is 0.252. The number of nitrogens with zero attached hydrogens (tertiary/aromatic N) is 4. The zero-order valence-electron chi connectivity index (χ0n) is 10.7. The Morgan fingerprint density at radius 2 is 2.11 bits per heavy atom. The summed E-state index contributed by atoms with van der Waals surface area (Å²) in [7, 11) is 0. The fourth-order valence-electron chi connectivity index (χ4n) is 1.63. The molecule has 0 amide bonds. The number of hydrogen-bond donors (Lipinski definition) is 1. The molecule has 0 spiro atoms. The van der Waals surface area contributed by atoms with Crippen LogP contribution in [0.5, 0.6) is 0 Å². The zero-order valence-corrected chi connectivity index (χ0v) is 10.7. The molecule has 6 heteroatoms. The van der Waals surface area contributed by atoms with Crippen LogP contribution in [-0.4, -0.2) is 20.2 Å². The molecule has 0 radical (unpaired) electrons. The lowest BCUT2D eigenvalue weighted by Gasteiger charge is -2.24. The summed E-state index contributed by atoms with van der Waals surface area (Å²) >= 11 is 0. The van der Waals surface area contributed by atoms with E-state index in [1.165, 1.54) is 18.2 Å². The van der Waals surface area contributed by atoms with Crippen molar-refractivity contribution in [1.29, 1.82) is 0 Å². The first-order valence-corrected chi connectivity index (χ1v) is 5.80. The van der Waals surface area contributed by atoms with Crippen molar-refractivity contribution in [3.63, 3.8) is 0 Å². The Morgan fingerprint density at radius 3 is 2.78 bits per heavy atom. The molecule has 2 rings (SSSR count). The Balaban J connectivity index is 2.59. The normalized spacial score (nSPS) is 11.8. The smallest absolute Gasteiger partial charge is 0.184 e. The maximum Gasteiger partial charge on any atom is 0.184 e. The van der Waals surface area contributed by atoms with E-state index in [-0.39, 0.29) is 11.4 Å². The van der Waals surface area contributed by atoms with E-state index in [1.54, 1.807) is 4.68 Å². The van der Waals surface area contributed by atoms with Crippen LogP contribution in [0.15, 0.2) is 18.2 Å². The number of aromatic nitrogens is 4. The Kier molecular flexibility index (Phi) is 3.02. The van der Waals surface area contributed by atoms with Gasteiger partial charge in [0, 0.05) is 11.3 Å². The molecule has 0 bridgehead atoms. The van der Waals surface area contributed by atoms with Crippen molar-refractivity contribution in [2.24, 2.45) is 0 Å². The molecule has 0 saturated carbocycles. The minimum Gasteiger partial charge on any atom is -0.398 e. The molecule has 0 aliphatic carbocycles. The second kappa shape index (κ2) is 4.36. The van der Waals surface area contributed by atoms with Gasteiger partial charge in [0.2, 0.25) is 0 Å². The molecule has 5 nitrogen and oxygen atoms in total. The summed E-state index contributed by atoms with van der Waals surface area (Å²) in [5.41, 5.74) is 6.58. The third-order valence-corrected chi connectivity index (χ3v) is 3.16. The first-order valence-electron chi connectivity index (χ1n) is 5.80. The highest BCUT2D eigenvalue weighted by Gasteiger charge is 2.25. The van der Waals surface area contributed by atoms with Gasteiger partial charge in [-0.25, -0.2) is 9.07 Å². The van der Waals surface area contributed by atoms with Gasteiger partial charge in [-0.2, -0.15) is 0 Å². The lowest BCUT2D eigenvalue weighted by atomic mass is 10.0. The lowest BCUT2D eigenvalue weighted by Crippen LogP contribution is -2.27. The minimum atomic E-state index is -0.358. The number of rotatable bonds is 3. The summed E-state index contributed by atoms with van der Waals surface area (Å²) in [6, 6.07) is 4.18. The van der Waals surface area contributed by atoms with E-state index in [2.05, 4.69) is 15.5 Å². The van der Waals surface area contributed by atoms with Gasteiger partial charge < -0.3 is 5.73 Å². The van der Waals surface area contributed by atoms with Crippen LogP contribution in [-0.2, 0) is 5.54 Å². The average Bonchev–Trinajstić information content (AvgIpc) is 2.82. The van der Waals surface area contributed by atoms with Crippen LogP contribution in [0.25, 0.3) is 11.4 Å². The highest BCUT2D eigenvalue weighted by Crippen LogP contribution is 2.29. The maximum absolute atomic E-state index is 13.3. The summed E-state index contributed by atoms with van der Waals surface area (Å²) in [6.07, 6.45) is 0.847. The number of nitrogen functional groups attached to an aromatic ring is 1. The molecule has 0 atom stereocenters. The van der Waals surface area contributed by atoms with E-state index in [9.17, 15) is 4.39 Å². The van der Waals surface area contributed by atoms with Gasteiger partial charge in [-0.1, -0.05) is 6.92 Å². The maximum atomic E-state index is 13.3. The van der Waals surface area contributed by atoms with Crippen LogP contribution < -0.4 is 5.73 Å². The molecular weight excluding hydrogens is 233 g/mol. The quantitative estimate of drug-likeness (QED) is 0.847. The number of anilines is 1. The number of tetrazole rings is 1. The van der Waals surface area contributed by atoms with Gasteiger partial charge in [0.05, 0.1) is 5.54 Å². The van der Waals surface area contributed by atoms with E-state index >= 15 is 0 Å². The third kappa shape index (κ3) is 2.05. The Morgan fingerprint density at radius 1 is 1.39 bits per heavy atom. The molecule has 1 aromatic carbocycles. The predicted molar refractivity (Wildman–Crippen MR) is 67.2 cm³/mol. The molecule has 18 heavy (non-hydrogen) atoms. The molecule has 0 unspecified atom stereocenters. The highest BCUT2D eigenvalue weighted by atomic mass is 19.1. The van der Waals surface area contributed by atoms with Gasteiger partial charge in [-0.05, 0) is 48.9 Å². The van der Waals surface area contributed by atoms with Gasteiger partial charge >= 0.3 is 0 Å². The van der Waals surface area contributed by atoms with Crippen LogP contribution >= 0.6 is 0 Å². The van der Waals surface area contributed by atoms with Crippen molar-refractivity contribution >= 4 is 5.69 Å². The first-order chi connectivity index (χ1) is 8.45. The van der Waals surface area contributed by atoms with Crippen molar-refractivity contribution in [3.8, 4) is 11.4 Å². The van der Waals surface area contributed by atoms with Gasteiger partial charge in [0.15, 0.2) is 5.82 Å². The molecule has 2 N–H and O–H groups in total. The molecular formula is C12H16FN5. The Labute approximate surface area is 105 Å². The summed E-state index contributed by atoms with van der Waals surface area (Å²) in [6.45, 7) is 6.07.